The van der Waals surface area contributed by atoms with Crippen LogP contribution < -0.4 is 5.32 Å². The highest BCUT2D eigenvalue weighted by Gasteiger charge is 2.16. The molecule has 1 N–H and O–H groups in total. The van der Waals surface area contributed by atoms with E-state index in [0.717, 1.165) is 25.2 Å². The van der Waals surface area contributed by atoms with Gasteiger partial charge in [-0.2, -0.15) is 0 Å². The van der Waals surface area contributed by atoms with E-state index in [-0.39, 0.29) is 11.8 Å². The molecular weight excluding hydrogens is 308 g/mol. The summed E-state index contributed by atoms with van der Waals surface area (Å²) in [5.74, 6) is 0.0360. The van der Waals surface area contributed by atoms with Crippen molar-refractivity contribution in [1.29, 1.82) is 0 Å². The van der Waals surface area contributed by atoms with Gasteiger partial charge in [0.25, 0.3) is 5.91 Å². The summed E-state index contributed by atoms with van der Waals surface area (Å²) in [7, 11) is 2.11. The van der Waals surface area contributed by atoms with Crippen LogP contribution >= 0.6 is 22.9 Å². The minimum atomic E-state index is -0.239. The third kappa shape index (κ3) is 3.23. The molecule has 0 spiro atoms. The quantitative estimate of drug-likeness (QED) is 0.882. The minimum absolute atomic E-state index is 0.239. The molecule has 0 saturated carbocycles. The number of fused-ring (bicyclic) bond motifs is 1. The molecule has 21 heavy (non-hydrogen) atoms. The normalized spacial score (nSPS) is 14.8. The topological polar surface area (TPSA) is 58.1 Å². The second-order valence-corrected chi connectivity index (χ2v) is 6.39. The van der Waals surface area contributed by atoms with Crippen LogP contribution in [0.4, 0.5) is 5.69 Å². The Balaban J connectivity index is 1.74. The van der Waals surface area contributed by atoms with E-state index >= 15 is 0 Å². The number of rotatable bonds is 3. The zero-order valence-electron chi connectivity index (χ0n) is 11.6. The van der Waals surface area contributed by atoms with Crippen molar-refractivity contribution in [1.82, 2.24) is 15.1 Å². The van der Waals surface area contributed by atoms with Crippen LogP contribution in [0, 0.1) is 0 Å². The monoisotopic (exact) mass is 322 g/mol. The highest BCUT2D eigenvalue weighted by Crippen LogP contribution is 2.22. The van der Waals surface area contributed by atoms with Crippen LogP contribution in [-0.4, -0.2) is 34.6 Å². The molecule has 3 rings (SSSR count). The molecule has 1 aromatic carbocycles. The number of likely N-dealkylation sites (N-methyl/N-ethyl adjacent to an activating group) is 1. The molecule has 110 valence electrons. The lowest BCUT2D eigenvalue weighted by molar-refractivity contribution is 0.102. The molecule has 2 aromatic rings. The van der Waals surface area contributed by atoms with Gasteiger partial charge in [0, 0.05) is 18.8 Å². The van der Waals surface area contributed by atoms with E-state index in [9.17, 15) is 4.79 Å². The third-order valence-electron chi connectivity index (χ3n) is 3.44. The number of nitrogens with zero attached hydrogens (tertiary/aromatic N) is 3. The first-order valence-electron chi connectivity index (χ1n) is 6.66. The number of carbonyl (C=O) groups excluding carboxylic acids is 1. The standard InChI is InChI=1S/C14H15ClN4OS/c1-19-5-4-9-6-11(3-2-10(9)8-19)16-13(20)14-18-17-12(7-15)21-14/h2-3,6H,4-5,7-8H2,1H3,(H,16,20). The van der Waals surface area contributed by atoms with Crippen molar-refractivity contribution >= 4 is 34.5 Å². The summed E-state index contributed by atoms with van der Waals surface area (Å²) >= 11 is 6.88. The fraction of sp³-hybridized carbons (Fsp3) is 0.357. The highest BCUT2D eigenvalue weighted by molar-refractivity contribution is 7.13. The summed E-state index contributed by atoms with van der Waals surface area (Å²) < 4.78 is 0. The Morgan fingerprint density at radius 2 is 2.29 bits per heavy atom. The summed E-state index contributed by atoms with van der Waals surface area (Å²) in [6, 6.07) is 6.05. The maximum atomic E-state index is 12.1. The SMILES string of the molecule is CN1CCc2cc(NC(=O)c3nnc(CCl)s3)ccc2C1. The van der Waals surface area contributed by atoms with E-state index in [1.807, 2.05) is 12.1 Å². The van der Waals surface area contributed by atoms with E-state index in [1.54, 1.807) is 0 Å². The first-order chi connectivity index (χ1) is 10.2. The van der Waals surface area contributed by atoms with Gasteiger partial charge in [-0.05, 0) is 36.7 Å². The smallest absolute Gasteiger partial charge is 0.286 e. The van der Waals surface area contributed by atoms with Crippen molar-refractivity contribution < 1.29 is 4.79 Å². The van der Waals surface area contributed by atoms with Gasteiger partial charge in [0.1, 0.15) is 5.01 Å². The number of hydrogen-bond acceptors (Lipinski definition) is 5. The Kier molecular flexibility index (Phi) is 4.19. The molecule has 0 radical (unpaired) electrons. The lowest BCUT2D eigenvalue weighted by Crippen LogP contribution is -2.26. The van der Waals surface area contributed by atoms with E-state index in [0.29, 0.717) is 10.0 Å². The van der Waals surface area contributed by atoms with Crippen LogP contribution in [0.2, 0.25) is 0 Å². The van der Waals surface area contributed by atoms with Gasteiger partial charge in [-0.3, -0.25) is 4.79 Å². The van der Waals surface area contributed by atoms with Gasteiger partial charge in [0.15, 0.2) is 0 Å². The van der Waals surface area contributed by atoms with Crippen LogP contribution in [0.25, 0.3) is 0 Å². The van der Waals surface area contributed by atoms with Crippen LogP contribution in [0.15, 0.2) is 18.2 Å². The molecule has 0 fully saturated rings. The summed E-state index contributed by atoms with van der Waals surface area (Å²) in [6.45, 7) is 2.00. The lowest BCUT2D eigenvalue weighted by Gasteiger charge is -2.25. The summed E-state index contributed by atoms with van der Waals surface area (Å²) in [4.78, 5) is 14.4. The second-order valence-electron chi connectivity index (χ2n) is 5.06. The largest absolute Gasteiger partial charge is 0.320 e. The Bertz CT molecular complexity index is 673. The van der Waals surface area contributed by atoms with E-state index < -0.39 is 0 Å². The van der Waals surface area contributed by atoms with Crippen LogP contribution in [0.3, 0.4) is 0 Å². The van der Waals surface area contributed by atoms with Crippen LogP contribution in [0.1, 0.15) is 25.9 Å². The molecule has 0 bridgehead atoms. The number of benzene rings is 1. The summed E-state index contributed by atoms with van der Waals surface area (Å²) in [5, 5.41) is 11.5. The molecule has 1 aliphatic rings. The molecule has 0 unspecified atom stereocenters. The van der Waals surface area contributed by atoms with Gasteiger partial charge < -0.3 is 10.2 Å². The highest BCUT2D eigenvalue weighted by atomic mass is 35.5. The van der Waals surface area contributed by atoms with Crippen molar-refractivity contribution in [3.63, 3.8) is 0 Å². The van der Waals surface area contributed by atoms with Crippen LogP contribution in [0.5, 0.6) is 0 Å². The zero-order valence-corrected chi connectivity index (χ0v) is 13.2. The average Bonchev–Trinajstić information content (AvgIpc) is 2.96. The summed E-state index contributed by atoms with van der Waals surface area (Å²) in [5.41, 5.74) is 3.41. The fourth-order valence-electron chi connectivity index (χ4n) is 2.36. The van der Waals surface area contributed by atoms with E-state index in [2.05, 4.69) is 33.5 Å². The molecule has 1 amide bonds. The second kappa shape index (κ2) is 6.09. The van der Waals surface area contributed by atoms with Gasteiger partial charge in [-0.15, -0.1) is 21.8 Å². The van der Waals surface area contributed by atoms with Crippen molar-refractivity contribution in [2.75, 3.05) is 18.9 Å². The van der Waals surface area contributed by atoms with E-state index in [4.69, 9.17) is 11.6 Å². The van der Waals surface area contributed by atoms with Gasteiger partial charge in [-0.25, -0.2) is 0 Å². The first-order valence-corrected chi connectivity index (χ1v) is 8.01. The number of carbonyl (C=O) groups is 1. The number of halogens is 1. The Labute approximate surface area is 131 Å². The molecule has 1 aliphatic heterocycles. The van der Waals surface area contributed by atoms with Gasteiger partial charge in [0.2, 0.25) is 5.01 Å². The van der Waals surface area contributed by atoms with Crippen molar-refractivity contribution in [2.45, 2.75) is 18.8 Å². The van der Waals surface area contributed by atoms with Gasteiger partial charge >= 0.3 is 0 Å². The predicted octanol–water partition coefficient (Wildman–Crippen LogP) is 2.52. The Morgan fingerprint density at radius 3 is 3.05 bits per heavy atom. The number of nitrogens with one attached hydrogen (secondary N) is 1. The molecule has 0 aliphatic carbocycles. The molecular formula is C14H15ClN4OS. The van der Waals surface area contributed by atoms with Crippen molar-refractivity contribution in [3.05, 3.63) is 39.3 Å². The molecule has 0 atom stereocenters. The lowest BCUT2D eigenvalue weighted by atomic mass is 9.99. The summed E-state index contributed by atoms with van der Waals surface area (Å²) in [6.07, 6.45) is 1.00. The molecule has 5 nitrogen and oxygen atoms in total. The minimum Gasteiger partial charge on any atom is -0.320 e. The first kappa shape index (κ1) is 14.4. The fourth-order valence-corrected chi connectivity index (χ4v) is 3.16. The maximum Gasteiger partial charge on any atom is 0.286 e. The van der Waals surface area contributed by atoms with Gasteiger partial charge in [0.05, 0.1) is 5.88 Å². The number of hydrogen-bond donors (Lipinski definition) is 1. The molecule has 0 saturated heterocycles. The predicted molar refractivity (Wildman–Crippen MR) is 83.9 cm³/mol. The molecule has 7 heteroatoms. The van der Waals surface area contributed by atoms with E-state index in [1.165, 1.54) is 22.5 Å². The maximum absolute atomic E-state index is 12.1. The third-order valence-corrected chi connectivity index (χ3v) is 4.78. The zero-order chi connectivity index (χ0) is 14.8. The van der Waals surface area contributed by atoms with Gasteiger partial charge in [-0.1, -0.05) is 17.4 Å². The Morgan fingerprint density at radius 1 is 1.43 bits per heavy atom. The number of amides is 1. The number of anilines is 1. The van der Waals surface area contributed by atoms with Crippen LogP contribution in [-0.2, 0) is 18.8 Å². The van der Waals surface area contributed by atoms with Crippen molar-refractivity contribution in [2.24, 2.45) is 0 Å². The molecule has 1 aromatic heterocycles. The van der Waals surface area contributed by atoms with Crippen molar-refractivity contribution in [3.8, 4) is 0 Å². The Hall–Kier alpha value is -1.50. The average molecular weight is 323 g/mol. The number of alkyl halides is 1. The molecule has 2 heterocycles. The number of aromatic nitrogens is 2.